The van der Waals surface area contributed by atoms with Crippen molar-refractivity contribution in [1.82, 2.24) is 4.90 Å². The van der Waals surface area contributed by atoms with E-state index in [1.165, 1.54) is 13.8 Å². The van der Waals surface area contributed by atoms with Crippen LogP contribution in [0.5, 0.6) is 0 Å². The summed E-state index contributed by atoms with van der Waals surface area (Å²) in [6, 6.07) is 0. The van der Waals surface area contributed by atoms with Gasteiger partial charge in [0.2, 0.25) is 0 Å². The molecule has 22 heteroatoms. The van der Waals surface area contributed by atoms with Crippen molar-refractivity contribution >= 4 is 0 Å². The topological polar surface area (TPSA) is 32.7 Å². The smallest absolute Gasteiger partial charge is 0.394 e. The summed E-state index contributed by atoms with van der Waals surface area (Å²) in [7, 11) is 0. The Hall–Kier alpha value is -1.45. The van der Waals surface area contributed by atoms with E-state index in [1.807, 2.05) is 0 Å². The molecule has 0 aliphatic carbocycles. The van der Waals surface area contributed by atoms with E-state index < -0.39 is 85.8 Å². The molecule has 1 atom stereocenters. The molecule has 0 bridgehead atoms. The molecule has 0 fully saturated rings. The number of ether oxygens (including phenoxy) is 1. The van der Waals surface area contributed by atoms with E-state index in [1.54, 1.807) is 0 Å². The van der Waals surface area contributed by atoms with Gasteiger partial charge in [0.05, 0.1) is 19.3 Å². The predicted octanol–water partition coefficient (Wildman–Crippen LogP) is 6.74. The quantitative estimate of drug-likeness (QED) is 0.189. The van der Waals surface area contributed by atoms with Crippen molar-refractivity contribution < 1.29 is 93.3 Å². The van der Waals surface area contributed by atoms with E-state index in [0.29, 0.717) is 0 Å². The summed E-state index contributed by atoms with van der Waals surface area (Å²) in [5.74, 6) is -66.8. The Bertz CT molecular complexity index is 822. The Kier molecular flexibility index (Phi) is 11.3. The van der Waals surface area contributed by atoms with Crippen LogP contribution in [-0.4, -0.2) is 103 Å². The van der Waals surface area contributed by atoms with Gasteiger partial charge in [-0.15, -0.1) is 0 Å². The Balaban J connectivity index is 6.78. The Morgan fingerprint density at radius 1 is 0.550 bits per heavy atom. The van der Waals surface area contributed by atoms with Crippen molar-refractivity contribution in [1.29, 1.82) is 0 Å². The summed E-state index contributed by atoms with van der Waals surface area (Å²) in [5.41, 5.74) is 0. The first-order valence-corrected chi connectivity index (χ1v) is 10.5. The summed E-state index contributed by atoms with van der Waals surface area (Å²) in [4.78, 5) is 1.07. The van der Waals surface area contributed by atoms with Crippen molar-refractivity contribution in [2.45, 2.75) is 79.9 Å². The number of rotatable bonds is 16. The molecule has 0 saturated heterocycles. The molecule has 1 unspecified atom stereocenters. The summed E-state index contributed by atoms with van der Waals surface area (Å²) < 4.78 is 260. The van der Waals surface area contributed by atoms with Crippen molar-refractivity contribution in [2.75, 3.05) is 32.8 Å². The third-order valence-electron chi connectivity index (χ3n) is 5.47. The van der Waals surface area contributed by atoms with Gasteiger partial charge in [-0.25, -0.2) is 0 Å². The molecule has 0 saturated carbocycles. The Morgan fingerprint density at radius 3 is 1.18 bits per heavy atom. The van der Waals surface area contributed by atoms with Gasteiger partial charge in [-0.2, -0.15) is 83.4 Å². The Labute approximate surface area is 212 Å². The van der Waals surface area contributed by atoms with Crippen LogP contribution < -0.4 is 0 Å². The van der Waals surface area contributed by atoms with Crippen LogP contribution >= 0.6 is 0 Å². The lowest BCUT2D eigenvalue weighted by Gasteiger charge is -2.44. The number of likely N-dealkylation sites (N-methyl/N-ethyl adjacent to an activating group) is 1. The maximum atomic E-state index is 14.3. The van der Waals surface area contributed by atoms with Gasteiger partial charge < -0.3 is 14.7 Å². The summed E-state index contributed by atoms with van der Waals surface area (Å²) >= 11 is 0. The van der Waals surface area contributed by atoms with Gasteiger partial charge in [-0.05, 0) is 13.1 Å². The molecular weight excluding hydrogens is 623 g/mol. The highest BCUT2D eigenvalue weighted by atomic mass is 19.4. The highest BCUT2D eigenvalue weighted by Crippen LogP contribution is 2.65. The third kappa shape index (κ3) is 6.03. The highest BCUT2D eigenvalue weighted by Gasteiger charge is 2.96. The molecule has 0 amide bonds. The van der Waals surface area contributed by atoms with Crippen LogP contribution in [0.2, 0.25) is 0 Å². The average Bonchev–Trinajstić information content (AvgIpc) is 2.78. The molecule has 0 aliphatic heterocycles. The lowest BCUT2D eigenvalue weighted by Crippen LogP contribution is -2.75. The number of alkyl halides is 19. The van der Waals surface area contributed by atoms with Gasteiger partial charge in [0.15, 0.2) is 0 Å². The van der Waals surface area contributed by atoms with Crippen LogP contribution in [0.15, 0.2) is 0 Å². The maximum absolute atomic E-state index is 14.3. The maximum Gasteiger partial charge on any atom is 0.460 e. The lowest BCUT2D eigenvalue weighted by molar-refractivity contribution is -0.469. The number of aliphatic hydroxyl groups excluding tert-OH is 1. The molecule has 0 spiro atoms. The second kappa shape index (κ2) is 11.7. The molecule has 0 rings (SSSR count). The highest BCUT2D eigenvalue weighted by molar-refractivity contribution is 5.16. The minimum absolute atomic E-state index is 0.0796. The molecule has 0 aliphatic rings. The molecule has 0 aromatic heterocycles. The van der Waals surface area contributed by atoms with Crippen LogP contribution in [0.1, 0.15) is 20.3 Å². The fraction of sp³-hybridized carbons (Fsp3) is 1.00. The second-order valence-electron chi connectivity index (χ2n) is 8.13. The first-order chi connectivity index (χ1) is 17.4. The monoisotopic (exact) mass is 643 g/mol. The summed E-state index contributed by atoms with van der Waals surface area (Å²) in [6.07, 6.45) is -13.1. The molecule has 40 heavy (non-hydrogen) atoms. The average molecular weight is 643 g/mol. The van der Waals surface area contributed by atoms with Crippen LogP contribution in [0.25, 0.3) is 0 Å². The van der Waals surface area contributed by atoms with E-state index >= 15 is 0 Å². The molecule has 0 aromatic carbocycles. The summed E-state index contributed by atoms with van der Waals surface area (Å²) in [6.45, 7) is -0.403. The lowest BCUT2D eigenvalue weighted by atomic mass is 9.86. The van der Waals surface area contributed by atoms with Gasteiger partial charge in [-0.1, -0.05) is 13.8 Å². The molecule has 0 heterocycles. The normalized spacial score (nSPS) is 16.6. The molecule has 242 valence electrons. The molecule has 0 radical (unpaired) electrons. The number of hydrogen-bond acceptors (Lipinski definition) is 3. The van der Waals surface area contributed by atoms with Gasteiger partial charge in [-0.3, -0.25) is 0 Å². The molecule has 0 aromatic rings. The fourth-order valence-corrected chi connectivity index (χ4v) is 2.97. The molecular formula is C18H20F19NO2. The van der Waals surface area contributed by atoms with E-state index in [0.717, 1.165) is 4.90 Å². The Morgan fingerprint density at radius 2 is 0.875 bits per heavy atom. The van der Waals surface area contributed by atoms with Gasteiger partial charge in [0.1, 0.15) is 0 Å². The van der Waals surface area contributed by atoms with Crippen LogP contribution in [0, 0.1) is 0 Å². The minimum Gasteiger partial charge on any atom is -0.394 e. The number of hydrogen-bond donors (Lipinski definition) is 1. The van der Waals surface area contributed by atoms with Crippen molar-refractivity contribution in [2.24, 2.45) is 0 Å². The van der Waals surface area contributed by atoms with Gasteiger partial charge in [0, 0.05) is 13.0 Å². The first kappa shape index (κ1) is 38.5. The van der Waals surface area contributed by atoms with Crippen molar-refractivity contribution in [3.63, 3.8) is 0 Å². The van der Waals surface area contributed by atoms with Gasteiger partial charge in [0.25, 0.3) is 0 Å². The minimum atomic E-state index is -8.95. The van der Waals surface area contributed by atoms with E-state index in [2.05, 4.69) is 4.74 Å². The molecule has 1 N–H and O–H groups in total. The predicted molar refractivity (Wildman–Crippen MR) is 94.9 cm³/mol. The van der Waals surface area contributed by atoms with Crippen molar-refractivity contribution in [3.05, 3.63) is 0 Å². The SMILES string of the molecule is CCN(CC)CC(CC(F)(F)C(F)(F)C(F)(F)C(F)(F)C(F)(F)C(F)(F)C(F)(F)C(F)(F)C(F)(F)F)OCCO. The zero-order chi connectivity index (χ0) is 32.6. The molecule has 3 nitrogen and oxygen atoms in total. The van der Waals surface area contributed by atoms with Crippen LogP contribution in [0.3, 0.4) is 0 Å². The number of halogens is 19. The zero-order valence-corrected chi connectivity index (χ0v) is 19.8. The first-order valence-electron chi connectivity index (χ1n) is 10.5. The van der Waals surface area contributed by atoms with Crippen LogP contribution in [-0.2, 0) is 4.74 Å². The number of aliphatic hydroxyl groups is 1. The van der Waals surface area contributed by atoms with Gasteiger partial charge >= 0.3 is 53.6 Å². The number of nitrogens with zero attached hydrogens (tertiary/aromatic N) is 1. The van der Waals surface area contributed by atoms with Crippen molar-refractivity contribution in [3.8, 4) is 0 Å². The zero-order valence-electron chi connectivity index (χ0n) is 19.8. The fourth-order valence-electron chi connectivity index (χ4n) is 2.97. The van der Waals surface area contributed by atoms with Crippen LogP contribution in [0.4, 0.5) is 83.4 Å². The standard InChI is InChI=1S/C18H20F19NO2/c1-3-38(4-2)8-9(40-6-5-39)7-10(19,20)11(21,22)12(23,24)13(25,26)14(27,28)15(29,30)16(31,32)17(33,34)18(35,36)37/h9,39H,3-8H2,1-2H3. The summed E-state index contributed by atoms with van der Waals surface area (Å²) in [5, 5.41) is 8.66. The van der Waals surface area contributed by atoms with E-state index in [-0.39, 0.29) is 13.1 Å². The van der Waals surface area contributed by atoms with E-state index in [4.69, 9.17) is 5.11 Å². The second-order valence-corrected chi connectivity index (χ2v) is 8.13. The largest absolute Gasteiger partial charge is 0.460 e. The third-order valence-corrected chi connectivity index (χ3v) is 5.47. The van der Waals surface area contributed by atoms with E-state index in [9.17, 15) is 83.4 Å².